The summed E-state index contributed by atoms with van der Waals surface area (Å²) in [5.41, 5.74) is 5.40. The van der Waals surface area contributed by atoms with Gasteiger partial charge in [-0.1, -0.05) is 24.3 Å². The lowest BCUT2D eigenvalue weighted by atomic mass is 10.1. The number of carbonyl (C=O) groups excluding carboxylic acids is 2. The van der Waals surface area contributed by atoms with Gasteiger partial charge in [-0.25, -0.2) is 0 Å². The summed E-state index contributed by atoms with van der Waals surface area (Å²) in [6.45, 7) is 6.04. The van der Waals surface area contributed by atoms with Crippen LogP contribution in [0.4, 0.5) is 10.5 Å². The molecule has 0 unspecified atom stereocenters. The van der Waals surface area contributed by atoms with E-state index in [4.69, 9.17) is 0 Å². The summed E-state index contributed by atoms with van der Waals surface area (Å²) in [6.07, 6.45) is 1.74. The van der Waals surface area contributed by atoms with E-state index >= 15 is 0 Å². The number of hydrogen-bond donors (Lipinski definition) is 0. The zero-order valence-corrected chi connectivity index (χ0v) is 18.7. The number of nitrogens with zero attached hydrogens (tertiary/aromatic N) is 3. The molecule has 0 N–H and O–H groups in total. The Balaban J connectivity index is 1.62. The van der Waals surface area contributed by atoms with E-state index in [0.717, 1.165) is 45.5 Å². The van der Waals surface area contributed by atoms with Gasteiger partial charge in [0.1, 0.15) is 0 Å². The van der Waals surface area contributed by atoms with Crippen LogP contribution in [0.5, 0.6) is 0 Å². The molecule has 2 amide bonds. The van der Waals surface area contributed by atoms with E-state index in [1.807, 2.05) is 55.7 Å². The quantitative estimate of drug-likeness (QED) is 0.291. The Morgan fingerprint density at radius 2 is 1.72 bits per heavy atom. The zero-order chi connectivity index (χ0) is 23.0. The third kappa shape index (κ3) is 3.97. The van der Waals surface area contributed by atoms with Crippen molar-refractivity contribution in [3.05, 3.63) is 97.7 Å². The summed E-state index contributed by atoms with van der Waals surface area (Å²) in [7, 11) is 0. The topological polar surface area (TPSA) is 85.4 Å². The number of aromatic nitrogens is 1. The van der Waals surface area contributed by atoms with E-state index in [1.54, 1.807) is 18.2 Å². The molecule has 162 valence electrons. The summed E-state index contributed by atoms with van der Waals surface area (Å²) in [6, 6.07) is 15.9. The van der Waals surface area contributed by atoms with Crippen LogP contribution in [-0.2, 0) is 11.3 Å². The number of amides is 2. The number of non-ortho nitro benzene ring substituents is 1. The van der Waals surface area contributed by atoms with Crippen LogP contribution in [0.3, 0.4) is 0 Å². The highest BCUT2D eigenvalue weighted by Gasteiger charge is 2.35. The molecule has 32 heavy (non-hydrogen) atoms. The van der Waals surface area contributed by atoms with Gasteiger partial charge in [0.2, 0.25) is 0 Å². The van der Waals surface area contributed by atoms with Gasteiger partial charge in [0.25, 0.3) is 16.8 Å². The van der Waals surface area contributed by atoms with Crippen molar-refractivity contribution in [2.45, 2.75) is 27.3 Å². The number of benzene rings is 2. The zero-order valence-electron chi connectivity index (χ0n) is 17.9. The third-order valence-electron chi connectivity index (χ3n) is 5.54. The van der Waals surface area contributed by atoms with Gasteiger partial charge in [-0.05, 0) is 73.5 Å². The monoisotopic (exact) mass is 447 g/mol. The van der Waals surface area contributed by atoms with Crippen molar-refractivity contribution >= 4 is 34.7 Å². The number of rotatable bonds is 5. The van der Waals surface area contributed by atoms with Gasteiger partial charge >= 0.3 is 0 Å². The molecule has 0 saturated carbocycles. The average molecular weight is 448 g/mol. The largest absolute Gasteiger partial charge is 0.318 e. The maximum atomic E-state index is 13.0. The first-order valence-electron chi connectivity index (χ1n) is 10.00. The van der Waals surface area contributed by atoms with Crippen molar-refractivity contribution in [1.29, 1.82) is 0 Å². The van der Waals surface area contributed by atoms with Crippen LogP contribution in [0.2, 0.25) is 0 Å². The van der Waals surface area contributed by atoms with Crippen LogP contribution in [0.25, 0.3) is 11.8 Å². The molecule has 8 heteroatoms. The van der Waals surface area contributed by atoms with Gasteiger partial charge in [-0.3, -0.25) is 24.6 Å². The highest BCUT2D eigenvalue weighted by atomic mass is 32.2. The molecule has 0 aliphatic carbocycles. The van der Waals surface area contributed by atoms with Crippen LogP contribution in [-0.4, -0.2) is 25.5 Å². The van der Waals surface area contributed by atoms with Gasteiger partial charge in [0.05, 0.1) is 16.4 Å². The van der Waals surface area contributed by atoms with Crippen LogP contribution in [0, 0.1) is 30.9 Å². The van der Waals surface area contributed by atoms with Crippen molar-refractivity contribution in [1.82, 2.24) is 9.47 Å². The molecule has 4 rings (SSSR count). The number of thioether (sulfide) groups is 1. The molecule has 1 saturated heterocycles. The summed E-state index contributed by atoms with van der Waals surface area (Å²) in [5, 5.41) is 10.6. The molecular weight excluding hydrogens is 426 g/mol. The first-order valence-corrected chi connectivity index (χ1v) is 10.8. The molecule has 0 atom stereocenters. The Bertz CT molecular complexity index is 1270. The molecule has 7 nitrogen and oxygen atoms in total. The van der Waals surface area contributed by atoms with Crippen LogP contribution < -0.4 is 0 Å². The summed E-state index contributed by atoms with van der Waals surface area (Å²) in [4.78, 5) is 37.6. The fraction of sp³-hybridized carbons (Fsp3) is 0.167. The molecule has 1 aliphatic rings. The molecule has 1 aromatic heterocycles. The second-order valence-corrected chi connectivity index (χ2v) is 8.62. The summed E-state index contributed by atoms with van der Waals surface area (Å²) >= 11 is 0.941. The Morgan fingerprint density at radius 1 is 1.03 bits per heavy atom. The highest BCUT2D eigenvalue weighted by Crippen LogP contribution is 2.35. The van der Waals surface area contributed by atoms with E-state index in [-0.39, 0.29) is 23.4 Å². The molecule has 0 spiro atoms. The van der Waals surface area contributed by atoms with E-state index < -0.39 is 4.92 Å². The normalized spacial score (nSPS) is 15.1. The maximum Gasteiger partial charge on any atom is 0.293 e. The lowest BCUT2D eigenvalue weighted by Gasteiger charge is -2.14. The number of imide groups is 1. The van der Waals surface area contributed by atoms with Gasteiger partial charge < -0.3 is 4.57 Å². The Labute approximate surface area is 189 Å². The molecule has 1 aliphatic heterocycles. The van der Waals surface area contributed by atoms with Crippen LogP contribution in [0.15, 0.2) is 59.5 Å². The van der Waals surface area contributed by atoms with Crippen molar-refractivity contribution < 1.29 is 14.5 Å². The molecule has 0 bridgehead atoms. The standard InChI is InChI=1S/C24H21N3O4S/c1-15-6-4-5-7-18(15)14-25-23(28)22(32-24(25)29)13-19-12-16(2)26(17(19)3)20-8-10-21(11-9-20)27(30)31/h4-13H,14H2,1-3H3/b22-13-. The van der Waals surface area contributed by atoms with E-state index in [0.29, 0.717) is 4.91 Å². The van der Waals surface area contributed by atoms with Gasteiger partial charge in [0.15, 0.2) is 0 Å². The molecule has 2 heterocycles. The SMILES string of the molecule is Cc1ccccc1CN1C(=O)S/C(=C\c2cc(C)n(-c3ccc([N+](=O)[O-])cc3)c2C)C1=O. The Morgan fingerprint density at radius 3 is 2.38 bits per heavy atom. The summed E-state index contributed by atoms with van der Waals surface area (Å²) in [5.74, 6) is -0.302. The van der Waals surface area contributed by atoms with E-state index in [1.165, 1.54) is 17.0 Å². The van der Waals surface area contributed by atoms with Crippen molar-refractivity contribution in [3.8, 4) is 5.69 Å². The van der Waals surface area contributed by atoms with E-state index in [2.05, 4.69) is 0 Å². The number of carbonyl (C=O) groups is 2. The Kier molecular flexibility index (Phi) is 5.71. The minimum atomic E-state index is -0.433. The van der Waals surface area contributed by atoms with Crippen molar-refractivity contribution in [3.63, 3.8) is 0 Å². The van der Waals surface area contributed by atoms with Crippen molar-refractivity contribution in [2.75, 3.05) is 0 Å². The smallest absolute Gasteiger partial charge is 0.293 e. The lowest BCUT2D eigenvalue weighted by molar-refractivity contribution is -0.384. The fourth-order valence-electron chi connectivity index (χ4n) is 3.79. The number of aryl methyl sites for hydroxylation is 2. The number of nitro groups is 1. The number of nitro benzene ring substituents is 1. The predicted octanol–water partition coefficient (Wildman–Crippen LogP) is 5.55. The van der Waals surface area contributed by atoms with Gasteiger partial charge in [-0.15, -0.1) is 0 Å². The molecule has 3 aromatic rings. The van der Waals surface area contributed by atoms with Crippen molar-refractivity contribution in [2.24, 2.45) is 0 Å². The average Bonchev–Trinajstić information content (AvgIpc) is 3.19. The first-order chi connectivity index (χ1) is 15.3. The predicted molar refractivity (Wildman–Crippen MR) is 125 cm³/mol. The first kappa shape index (κ1) is 21.6. The van der Waals surface area contributed by atoms with Gasteiger partial charge in [0, 0.05) is 29.2 Å². The highest BCUT2D eigenvalue weighted by molar-refractivity contribution is 8.18. The lowest BCUT2D eigenvalue weighted by Crippen LogP contribution is -2.27. The minimum Gasteiger partial charge on any atom is -0.318 e. The molecular formula is C24H21N3O4S. The molecule has 2 aromatic carbocycles. The summed E-state index contributed by atoms with van der Waals surface area (Å²) < 4.78 is 1.97. The molecule has 1 fully saturated rings. The van der Waals surface area contributed by atoms with Crippen LogP contribution >= 0.6 is 11.8 Å². The minimum absolute atomic E-state index is 0.0266. The Hall–Kier alpha value is -3.65. The second-order valence-electron chi connectivity index (χ2n) is 7.63. The fourth-order valence-corrected chi connectivity index (χ4v) is 4.62. The van der Waals surface area contributed by atoms with Crippen LogP contribution in [0.1, 0.15) is 28.1 Å². The number of hydrogen-bond acceptors (Lipinski definition) is 5. The second kappa shape index (κ2) is 8.47. The maximum absolute atomic E-state index is 13.0. The molecule has 0 radical (unpaired) electrons. The van der Waals surface area contributed by atoms with E-state index in [9.17, 15) is 19.7 Å². The third-order valence-corrected chi connectivity index (χ3v) is 6.45. The van der Waals surface area contributed by atoms with Gasteiger partial charge in [-0.2, -0.15) is 0 Å².